The van der Waals surface area contributed by atoms with Crippen molar-refractivity contribution in [3.8, 4) is 0 Å². The van der Waals surface area contributed by atoms with Crippen LogP contribution in [0.25, 0.3) is 0 Å². The summed E-state index contributed by atoms with van der Waals surface area (Å²) in [7, 11) is 0.921. The molecule has 0 fully saturated rings. The summed E-state index contributed by atoms with van der Waals surface area (Å²) in [5, 5.41) is 0. The van der Waals surface area contributed by atoms with Gasteiger partial charge in [-0.05, 0) is 6.42 Å². The van der Waals surface area contributed by atoms with Crippen LogP contribution in [-0.4, -0.2) is 21.9 Å². The van der Waals surface area contributed by atoms with Crippen molar-refractivity contribution in [3.05, 3.63) is 12.7 Å². The van der Waals surface area contributed by atoms with Gasteiger partial charge in [0.05, 0.1) is 16.0 Å². The fourth-order valence-electron chi connectivity index (χ4n) is 1.52. The van der Waals surface area contributed by atoms with Crippen molar-refractivity contribution >= 4 is 16.2 Å². The average Bonchev–Trinajstić information content (AvgIpc) is 2.23. The second-order valence-electron chi connectivity index (χ2n) is 4.01. The van der Waals surface area contributed by atoms with Gasteiger partial charge in [-0.15, -0.1) is 0 Å². The van der Waals surface area contributed by atoms with E-state index in [0.717, 1.165) is 16.7 Å². The van der Waals surface area contributed by atoms with Crippen LogP contribution in [0.4, 0.5) is 0 Å². The van der Waals surface area contributed by atoms with E-state index in [4.69, 9.17) is 4.74 Å². The number of esters is 1. The molecule has 0 aromatic heterocycles. The second kappa shape index (κ2) is 9.96. The van der Waals surface area contributed by atoms with Gasteiger partial charge in [-0.25, -0.2) is 4.79 Å². The van der Waals surface area contributed by atoms with Crippen molar-refractivity contribution in [2.75, 3.05) is 0 Å². The quantitative estimate of drug-likeness (QED) is 0.262. The zero-order valence-electron chi connectivity index (χ0n) is 10.1. The molecule has 0 amide bonds. The number of carbonyl (C=O) groups is 1. The van der Waals surface area contributed by atoms with Gasteiger partial charge < -0.3 is 4.74 Å². The Kier molecular flexibility index (Phi) is 9.58. The lowest BCUT2D eigenvalue weighted by atomic mass is 10.1. The van der Waals surface area contributed by atoms with Crippen LogP contribution in [0.5, 0.6) is 0 Å². The highest BCUT2D eigenvalue weighted by molar-refractivity contribution is 6.11. The van der Waals surface area contributed by atoms with Gasteiger partial charge in [0.15, 0.2) is 0 Å². The summed E-state index contributed by atoms with van der Waals surface area (Å²) < 4.78 is 5.13. The predicted molar refractivity (Wildman–Crippen MR) is 68.0 cm³/mol. The molecule has 1 unspecified atom stereocenters. The summed E-state index contributed by atoms with van der Waals surface area (Å²) in [4.78, 5) is 10.9. The molecule has 0 N–H and O–H groups in total. The average molecular weight is 228 g/mol. The normalized spacial score (nSPS) is 12.3. The van der Waals surface area contributed by atoms with E-state index in [1.807, 2.05) is 0 Å². The molecular formula is C12H24O2Si. The number of ether oxygens (including phenoxy) is 1. The van der Waals surface area contributed by atoms with Crippen molar-refractivity contribution in [1.29, 1.82) is 0 Å². The van der Waals surface area contributed by atoms with Gasteiger partial charge in [0.25, 0.3) is 0 Å². The molecule has 0 aromatic rings. The van der Waals surface area contributed by atoms with E-state index in [2.05, 4.69) is 13.5 Å². The van der Waals surface area contributed by atoms with Crippen LogP contribution in [0, 0.1) is 0 Å². The molecule has 0 rings (SSSR count). The Bertz CT molecular complexity index is 180. The molecule has 1 atom stereocenters. The van der Waals surface area contributed by atoms with Crippen LogP contribution in [0.3, 0.4) is 0 Å². The van der Waals surface area contributed by atoms with Crippen LogP contribution < -0.4 is 0 Å². The minimum atomic E-state index is -0.277. The van der Waals surface area contributed by atoms with Crippen LogP contribution in [0.2, 0.25) is 0 Å². The first-order valence-electron chi connectivity index (χ1n) is 6.03. The highest BCUT2D eigenvalue weighted by Gasteiger charge is 2.05. The van der Waals surface area contributed by atoms with E-state index in [1.54, 1.807) is 0 Å². The summed E-state index contributed by atoms with van der Waals surface area (Å²) in [6.45, 7) is 5.61. The molecular weight excluding hydrogens is 204 g/mol. The molecule has 0 aliphatic carbocycles. The fourth-order valence-corrected chi connectivity index (χ4v) is 2.16. The number of hydrogen-bond donors (Lipinski definition) is 0. The summed E-state index contributed by atoms with van der Waals surface area (Å²) in [6.07, 6.45) is 10.0. The van der Waals surface area contributed by atoms with E-state index in [0.29, 0.717) is 0 Å². The molecule has 0 aromatic carbocycles. The molecule has 0 aliphatic heterocycles. The smallest absolute Gasteiger partial charge is 0.330 e. The standard InChI is InChI=1S/C12H24O2Si/c1-3-5-6-7-8-9-10-12(15)14-11(13)4-2/h4,12H,2-3,5-10H2,1,15H3. The van der Waals surface area contributed by atoms with E-state index in [9.17, 15) is 4.79 Å². The minimum absolute atomic E-state index is 0.168. The van der Waals surface area contributed by atoms with Crippen molar-refractivity contribution in [3.63, 3.8) is 0 Å². The lowest BCUT2D eigenvalue weighted by Gasteiger charge is -2.11. The van der Waals surface area contributed by atoms with Crippen molar-refractivity contribution in [1.82, 2.24) is 0 Å². The Morgan fingerprint density at radius 3 is 2.53 bits per heavy atom. The van der Waals surface area contributed by atoms with Gasteiger partial charge in [0.2, 0.25) is 0 Å². The largest absolute Gasteiger partial charge is 0.464 e. The number of unbranched alkanes of at least 4 members (excludes halogenated alkanes) is 5. The van der Waals surface area contributed by atoms with Gasteiger partial charge in [-0.1, -0.05) is 52.0 Å². The van der Waals surface area contributed by atoms with E-state index < -0.39 is 0 Å². The Labute approximate surface area is 96.5 Å². The molecule has 2 nitrogen and oxygen atoms in total. The molecule has 0 saturated carbocycles. The van der Waals surface area contributed by atoms with Crippen LogP contribution >= 0.6 is 0 Å². The number of hydrogen-bond acceptors (Lipinski definition) is 2. The Balaban J connectivity index is 3.27. The highest BCUT2D eigenvalue weighted by atomic mass is 28.1. The fraction of sp³-hybridized carbons (Fsp3) is 0.750. The molecule has 3 heteroatoms. The van der Waals surface area contributed by atoms with Crippen molar-refractivity contribution < 1.29 is 9.53 Å². The third kappa shape index (κ3) is 9.72. The zero-order valence-corrected chi connectivity index (χ0v) is 12.1. The SMILES string of the molecule is C=CC(=O)OC([SiH3])CCCCCCCC. The Morgan fingerprint density at radius 2 is 1.93 bits per heavy atom. The second-order valence-corrected chi connectivity index (χ2v) is 5.30. The summed E-state index contributed by atoms with van der Waals surface area (Å²) in [5.74, 6) is -0.277. The summed E-state index contributed by atoms with van der Waals surface area (Å²) in [5.41, 5.74) is 0.168. The first-order chi connectivity index (χ1) is 7.20. The maximum Gasteiger partial charge on any atom is 0.330 e. The number of rotatable bonds is 9. The predicted octanol–water partition coefficient (Wildman–Crippen LogP) is 2.16. The maximum absolute atomic E-state index is 10.9. The summed E-state index contributed by atoms with van der Waals surface area (Å²) >= 11 is 0. The summed E-state index contributed by atoms with van der Waals surface area (Å²) in [6, 6.07) is 0. The van der Waals surface area contributed by atoms with Gasteiger partial charge in [0.1, 0.15) is 0 Å². The molecule has 0 bridgehead atoms. The molecule has 15 heavy (non-hydrogen) atoms. The third-order valence-corrected chi connectivity index (χ3v) is 3.26. The minimum Gasteiger partial charge on any atom is -0.464 e. The molecule has 0 saturated heterocycles. The zero-order chi connectivity index (χ0) is 11.5. The van der Waals surface area contributed by atoms with Crippen LogP contribution in [-0.2, 0) is 9.53 Å². The van der Waals surface area contributed by atoms with Crippen LogP contribution in [0.1, 0.15) is 51.9 Å². The van der Waals surface area contributed by atoms with Gasteiger partial charge in [-0.3, -0.25) is 0 Å². The lowest BCUT2D eigenvalue weighted by Crippen LogP contribution is -2.16. The highest BCUT2D eigenvalue weighted by Crippen LogP contribution is 2.09. The first-order valence-corrected chi connectivity index (χ1v) is 7.19. The van der Waals surface area contributed by atoms with E-state index >= 15 is 0 Å². The van der Waals surface area contributed by atoms with Gasteiger partial charge >= 0.3 is 5.97 Å². The maximum atomic E-state index is 10.9. The molecule has 0 heterocycles. The monoisotopic (exact) mass is 228 g/mol. The van der Waals surface area contributed by atoms with E-state index in [-0.39, 0.29) is 11.7 Å². The van der Waals surface area contributed by atoms with Crippen LogP contribution in [0.15, 0.2) is 12.7 Å². The molecule has 88 valence electrons. The Morgan fingerprint density at radius 1 is 1.33 bits per heavy atom. The molecule has 0 spiro atoms. The van der Waals surface area contributed by atoms with Gasteiger partial charge in [-0.2, -0.15) is 0 Å². The topological polar surface area (TPSA) is 26.3 Å². The Hall–Kier alpha value is -0.573. The first kappa shape index (κ1) is 14.4. The third-order valence-electron chi connectivity index (χ3n) is 2.45. The molecule has 0 radical (unpaired) electrons. The molecule has 0 aliphatic rings. The number of carbonyl (C=O) groups excluding carboxylic acids is 1. The van der Waals surface area contributed by atoms with Crippen molar-refractivity contribution in [2.24, 2.45) is 0 Å². The van der Waals surface area contributed by atoms with Crippen molar-refractivity contribution in [2.45, 2.75) is 57.6 Å². The van der Waals surface area contributed by atoms with E-state index in [1.165, 1.54) is 44.6 Å². The lowest BCUT2D eigenvalue weighted by molar-refractivity contribution is -0.139. The van der Waals surface area contributed by atoms with Gasteiger partial charge in [0, 0.05) is 6.08 Å².